The van der Waals surface area contributed by atoms with E-state index in [0.29, 0.717) is 0 Å². The van der Waals surface area contributed by atoms with E-state index in [2.05, 4.69) is 15.6 Å². The number of primary amides is 1. The zero-order chi connectivity index (χ0) is 30.0. The van der Waals surface area contributed by atoms with E-state index < -0.39 is 54.0 Å². The van der Waals surface area contributed by atoms with Crippen LogP contribution in [0, 0.1) is 0 Å². The van der Waals surface area contributed by atoms with Gasteiger partial charge in [-0.1, -0.05) is 36.4 Å². The maximum Gasteiger partial charge on any atom is 0.422 e. The van der Waals surface area contributed by atoms with E-state index in [1.165, 1.54) is 17.3 Å². The van der Waals surface area contributed by atoms with E-state index in [4.69, 9.17) is 5.73 Å². The highest BCUT2D eigenvalue weighted by Crippen LogP contribution is 2.21. The lowest BCUT2D eigenvalue weighted by Crippen LogP contribution is -2.62. The van der Waals surface area contributed by atoms with Crippen molar-refractivity contribution in [3.8, 4) is 0 Å². The van der Waals surface area contributed by atoms with Crippen molar-refractivity contribution in [3.63, 3.8) is 0 Å². The van der Waals surface area contributed by atoms with Crippen LogP contribution in [0.2, 0.25) is 0 Å². The predicted octanol–water partition coefficient (Wildman–Crippen LogP) is 1.55. The lowest BCUT2D eigenvalue weighted by Gasteiger charge is -2.45. The van der Waals surface area contributed by atoms with Gasteiger partial charge in [0.15, 0.2) is 0 Å². The van der Waals surface area contributed by atoms with Gasteiger partial charge in [0.1, 0.15) is 11.7 Å². The van der Waals surface area contributed by atoms with Crippen molar-refractivity contribution in [2.24, 2.45) is 5.73 Å². The van der Waals surface area contributed by atoms with Gasteiger partial charge in [0, 0.05) is 18.8 Å². The second-order valence-electron chi connectivity index (χ2n) is 10.8. The monoisotopic (exact) mass is 556 g/mol. The molecule has 1 aromatic heterocycles. The number of carboxylic acid groups (broad SMARTS) is 1. The van der Waals surface area contributed by atoms with Gasteiger partial charge in [0.25, 0.3) is 5.91 Å². The molecule has 40 heavy (non-hydrogen) atoms. The third-order valence-corrected chi connectivity index (χ3v) is 6.06. The lowest BCUT2D eigenvalue weighted by atomic mass is 9.99. The third-order valence-electron chi connectivity index (χ3n) is 6.06. The molecule has 6 N–H and O–H groups in total. The SMILES string of the molecule is CC(C)N(C[C@H](O)[C@H](Cc1ccccc1)NC(=O)[C@H](CC(N)=O)NC(=O)c1ccccn1)N(C(=O)O)C(C)(C)C. The summed E-state index contributed by atoms with van der Waals surface area (Å²) < 4.78 is 0. The van der Waals surface area contributed by atoms with Gasteiger partial charge in [-0.2, -0.15) is 0 Å². The van der Waals surface area contributed by atoms with Crippen LogP contribution in [0.4, 0.5) is 4.79 Å². The molecule has 0 spiro atoms. The van der Waals surface area contributed by atoms with E-state index in [0.717, 1.165) is 10.6 Å². The number of hydrogen-bond acceptors (Lipinski definition) is 7. The summed E-state index contributed by atoms with van der Waals surface area (Å²) in [6.07, 6.45) is -1.29. The quantitative estimate of drug-likeness (QED) is 0.231. The average Bonchev–Trinajstić information content (AvgIpc) is 2.87. The number of hydrazine groups is 1. The van der Waals surface area contributed by atoms with Crippen LogP contribution in [0.1, 0.15) is 57.1 Å². The number of carbonyl (C=O) groups is 4. The summed E-state index contributed by atoms with van der Waals surface area (Å²) in [6, 6.07) is 11.3. The van der Waals surface area contributed by atoms with Crippen LogP contribution >= 0.6 is 0 Å². The van der Waals surface area contributed by atoms with Crippen LogP contribution in [0.15, 0.2) is 54.7 Å². The van der Waals surface area contributed by atoms with Crippen LogP contribution in [0.3, 0.4) is 0 Å². The Bertz CT molecular complexity index is 1140. The summed E-state index contributed by atoms with van der Waals surface area (Å²) in [5.74, 6) is -2.21. The Morgan fingerprint density at radius 3 is 2.12 bits per heavy atom. The van der Waals surface area contributed by atoms with Gasteiger partial charge in [-0.05, 0) is 58.7 Å². The van der Waals surface area contributed by atoms with Gasteiger partial charge in [-0.15, -0.1) is 0 Å². The minimum absolute atomic E-state index is 0.0501. The number of nitrogens with zero attached hydrogens (tertiary/aromatic N) is 3. The van der Waals surface area contributed by atoms with Crippen molar-refractivity contribution in [1.29, 1.82) is 0 Å². The normalized spacial score (nSPS) is 13.8. The number of rotatable bonds is 13. The standard InChI is InChI=1S/C28H40N6O6/c1-18(2)33(34(27(39)40)28(3,4)5)17-23(35)21(15-19-11-7-6-8-12-19)31-26(38)22(16-24(29)36)32-25(37)20-13-9-10-14-30-20/h6-14,18,21-23,35H,15-17H2,1-5H3,(H2,29,36)(H,31,38)(H,32,37)(H,39,40)/t21-,22-,23-/m0/s1. The Kier molecular flexibility index (Phi) is 11.6. The molecule has 1 heterocycles. The summed E-state index contributed by atoms with van der Waals surface area (Å²) in [7, 11) is 0. The van der Waals surface area contributed by atoms with Crippen LogP contribution < -0.4 is 16.4 Å². The molecule has 0 unspecified atom stereocenters. The molecule has 1 aromatic carbocycles. The van der Waals surface area contributed by atoms with Crippen LogP contribution in [0.25, 0.3) is 0 Å². The van der Waals surface area contributed by atoms with Crippen LogP contribution in [-0.2, 0) is 16.0 Å². The minimum Gasteiger partial charge on any atom is -0.464 e. The summed E-state index contributed by atoms with van der Waals surface area (Å²) in [5.41, 5.74) is 5.40. The van der Waals surface area contributed by atoms with Crippen molar-refractivity contribution in [2.45, 2.75) is 77.2 Å². The number of carbonyl (C=O) groups excluding carboxylic acids is 3. The first kappa shape index (κ1) is 32.2. The molecule has 0 radical (unpaired) electrons. The van der Waals surface area contributed by atoms with Gasteiger partial charge >= 0.3 is 6.09 Å². The molecular formula is C28H40N6O6. The molecule has 0 bridgehead atoms. The lowest BCUT2D eigenvalue weighted by molar-refractivity contribution is -0.129. The first-order chi connectivity index (χ1) is 18.7. The summed E-state index contributed by atoms with van der Waals surface area (Å²) in [4.78, 5) is 53.9. The number of aromatic nitrogens is 1. The number of nitrogens with one attached hydrogen (secondary N) is 2. The highest BCUT2D eigenvalue weighted by atomic mass is 16.4. The van der Waals surface area contributed by atoms with Crippen LogP contribution in [-0.4, -0.2) is 85.3 Å². The van der Waals surface area contributed by atoms with Crippen molar-refractivity contribution in [3.05, 3.63) is 66.0 Å². The predicted molar refractivity (Wildman–Crippen MR) is 149 cm³/mol. The molecule has 0 aliphatic carbocycles. The van der Waals surface area contributed by atoms with E-state index in [-0.39, 0.29) is 24.7 Å². The van der Waals surface area contributed by atoms with E-state index in [1.807, 2.05) is 30.3 Å². The van der Waals surface area contributed by atoms with Gasteiger partial charge in [0.2, 0.25) is 11.8 Å². The Morgan fingerprint density at radius 2 is 1.62 bits per heavy atom. The first-order valence-corrected chi connectivity index (χ1v) is 13.0. The second kappa shape index (κ2) is 14.4. The molecule has 2 rings (SSSR count). The van der Waals surface area contributed by atoms with E-state index in [1.54, 1.807) is 46.8 Å². The van der Waals surface area contributed by atoms with E-state index in [9.17, 15) is 29.4 Å². The number of aliphatic hydroxyl groups excluding tert-OH is 1. The highest BCUT2D eigenvalue weighted by Gasteiger charge is 2.37. The van der Waals surface area contributed by atoms with Crippen molar-refractivity contribution >= 4 is 23.8 Å². The molecule has 0 fully saturated rings. The Balaban J connectivity index is 2.35. The first-order valence-electron chi connectivity index (χ1n) is 13.0. The average molecular weight is 557 g/mol. The molecule has 0 saturated carbocycles. The molecule has 4 amide bonds. The Morgan fingerprint density at radius 1 is 1.00 bits per heavy atom. The fourth-order valence-corrected chi connectivity index (χ4v) is 4.20. The Labute approximate surface area is 234 Å². The largest absolute Gasteiger partial charge is 0.464 e. The number of amides is 4. The van der Waals surface area contributed by atoms with Crippen LogP contribution in [0.5, 0.6) is 0 Å². The Hall–Kier alpha value is -4.03. The second-order valence-corrected chi connectivity index (χ2v) is 10.8. The van der Waals surface area contributed by atoms with Crippen molar-refractivity contribution < 1.29 is 29.4 Å². The van der Waals surface area contributed by atoms with Gasteiger partial charge in [-0.25, -0.2) is 14.8 Å². The maximum atomic E-state index is 13.4. The molecule has 0 saturated heterocycles. The fourth-order valence-electron chi connectivity index (χ4n) is 4.20. The summed E-state index contributed by atoms with van der Waals surface area (Å²) in [6.45, 7) is 8.70. The smallest absolute Gasteiger partial charge is 0.422 e. The number of benzene rings is 1. The molecule has 12 nitrogen and oxygen atoms in total. The topological polar surface area (TPSA) is 178 Å². The number of aliphatic hydroxyl groups is 1. The zero-order valence-electron chi connectivity index (χ0n) is 23.6. The van der Waals surface area contributed by atoms with Crippen molar-refractivity contribution in [2.75, 3.05) is 6.54 Å². The van der Waals surface area contributed by atoms with Gasteiger partial charge < -0.3 is 26.6 Å². The minimum atomic E-state index is -1.33. The number of nitrogens with two attached hydrogens (primary N) is 1. The molecule has 12 heteroatoms. The third kappa shape index (κ3) is 9.62. The maximum absolute atomic E-state index is 13.4. The van der Waals surface area contributed by atoms with Gasteiger partial charge in [-0.3, -0.25) is 19.4 Å². The molecule has 218 valence electrons. The zero-order valence-corrected chi connectivity index (χ0v) is 23.6. The highest BCUT2D eigenvalue weighted by molar-refractivity contribution is 5.97. The molecule has 2 aromatic rings. The molecular weight excluding hydrogens is 516 g/mol. The van der Waals surface area contributed by atoms with E-state index >= 15 is 0 Å². The van der Waals surface area contributed by atoms with Crippen molar-refractivity contribution in [1.82, 2.24) is 25.6 Å². The number of hydrogen-bond donors (Lipinski definition) is 5. The summed E-state index contributed by atoms with van der Waals surface area (Å²) >= 11 is 0. The molecule has 0 aliphatic heterocycles. The number of pyridine rings is 1. The molecule has 0 aliphatic rings. The van der Waals surface area contributed by atoms with Gasteiger partial charge in [0.05, 0.1) is 24.1 Å². The molecule has 3 atom stereocenters. The fraction of sp³-hybridized carbons (Fsp3) is 0.464. The summed E-state index contributed by atoms with van der Waals surface area (Å²) in [5, 5.41) is 29.3.